The molecule has 0 heterocycles. The molecule has 1 nitrogen and oxygen atoms in total. The number of rotatable bonds is 3. The van der Waals surface area contributed by atoms with E-state index < -0.39 is 6.42 Å². The third kappa shape index (κ3) is 8.81. The highest BCUT2D eigenvalue weighted by Crippen LogP contribution is 2.36. The van der Waals surface area contributed by atoms with Gasteiger partial charge in [0.25, 0.3) is 0 Å². The molecule has 0 atom stereocenters. The molecule has 0 aliphatic rings. The summed E-state index contributed by atoms with van der Waals surface area (Å²) in [4.78, 5) is 0. The summed E-state index contributed by atoms with van der Waals surface area (Å²) in [5, 5.41) is 0. The monoisotopic (exact) mass is 187 g/mol. The first-order valence-corrected chi connectivity index (χ1v) is 6.45. The maximum Gasteiger partial charge on any atom is 0.125 e. The van der Waals surface area contributed by atoms with Crippen LogP contribution in [0.3, 0.4) is 0 Å². The Hall–Kier alpha value is 0.810. The van der Waals surface area contributed by atoms with Crippen LogP contribution in [-0.4, -0.2) is 6.54 Å². The second-order valence-electron chi connectivity index (χ2n) is 2.30. The van der Waals surface area contributed by atoms with Crippen molar-refractivity contribution in [2.75, 3.05) is 6.54 Å². The molecule has 0 spiro atoms. The zero-order valence-electron chi connectivity index (χ0n) is 5.69. The van der Waals surface area contributed by atoms with Gasteiger partial charge in [-0.2, -0.15) is 0 Å². The molecule has 0 aliphatic heterocycles. The highest BCUT2D eigenvalue weighted by Gasteiger charge is 1.90. The van der Waals surface area contributed by atoms with Crippen LogP contribution in [-0.2, 0) is 0 Å². The van der Waals surface area contributed by atoms with Gasteiger partial charge in [-0.05, 0) is 12.3 Å². The van der Waals surface area contributed by atoms with Gasteiger partial charge in [0, 0.05) is 6.54 Å². The SMILES string of the molecule is CC(C)CCN=[PH](Cl)Cl. The smallest absolute Gasteiger partial charge is 0.125 e. The quantitative estimate of drug-likeness (QED) is 0.598. The van der Waals surface area contributed by atoms with E-state index in [1.807, 2.05) is 0 Å². The zero-order chi connectivity index (χ0) is 7.28. The minimum absolute atomic E-state index is 0.698. The third-order valence-corrected chi connectivity index (χ3v) is 2.12. The van der Waals surface area contributed by atoms with Crippen LogP contribution in [0.4, 0.5) is 0 Å². The summed E-state index contributed by atoms with van der Waals surface area (Å²) in [5.41, 5.74) is 0. The lowest BCUT2D eigenvalue weighted by atomic mass is 10.1. The van der Waals surface area contributed by atoms with Crippen molar-refractivity contribution in [3.63, 3.8) is 0 Å². The molecule has 0 saturated heterocycles. The van der Waals surface area contributed by atoms with Crippen LogP contribution < -0.4 is 0 Å². The highest BCUT2D eigenvalue weighted by atomic mass is 35.9. The average Bonchev–Trinajstić information content (AvgIpc) is 1.63. The fraction of sp³-hybridized carbons (Fsp3) is 1.00. The molecule has 0 bridgehead atoms. The summed E-state index contributed by atoms with van der Waals surface area (Å²) in [6.45, 7) is 5.13. The first-order chi connectivity index (χ1) is 4.13. The Morgan fingerprint density at radius 3 is 2.33 bits per heavy atom. The molecule has 0 aromatic carbocycles. The number of hydrogen-bond acceptors (Lipinski definition) is 1. The van der Waals surface area contributed by atoms with E-state index in [1.165, 1.54) is 0 Å². The van der Waals surface area contributed by atoms with Crippen LogP contribution in [0, 0.1) is 5.92 Å². The average molecular weight is 188 g/mol. The molecule has 0 N–H and O–H groups in total. The van der Waals surface area contributed by atoms with E-state index in [0.29, 0.717) is 5.92 Å². The van der Waals surface area contributed by atoms with Crippen LogP contribution in [0.2, 0.25) is 0 Å². The van der Waals surface area contributed by atoms with Gasteiger partial charge < -0.3 is 0 Å². The standard InChI is InChI=1S/C5H12Cl2NP/c1-5(2)3-4-8-9(6)7/h5,9H,3-4H2,1-2H3. The first kappa shape index (κ1) is 9.81. The Labute approximate surface area is 66.8 Å². The second kappa shape index (κ2) is 5.58. The van der Waals surface area contributed by atoms with Crippen molar-refractivity contribution in [1.82, 2.24) is 0 Å². The summed E-state index contributed by atoms with van der Waals surface area (Å²) < 4.78 is 4.00. The van der Waals surface area contributed by atoms with E-state index in [9.17, 15) is 0 Å². The van der Waals surface area contributed by atoms with Crippen LogP contribution in [0.25, 0.3) is 0 Å². The molecular weight excluding hydrogens is 176 g/mol. The van der Waals surface area contributed by atoms with Crippen molar-refractivity contribution in [3.8, 4) is 0 Å². The molecule has 56 valence electrons. The first-order valence-electron chi connectivity index (χ1n) is 2.98. The van der Waals surface area contributed by atoms with E-state index in [0.717, 1.165) is 13.0 Å². The van der Waals surface area contributed by atoms with Crippen molar-refractivity contribution < 1.29 is 0 Å². The van der Waals surface area contributed by atoms with Crippen molar-refractivity contribution in [3.05, 3.63) is 0 Å². The molecule has 0 aliphatic carbocycles. The summed E-state index contributed by atoms with van der Waals surface area (Å²) in [6.07, 6.45) is -0.270. The zero-order valence-corrected chi connectivity index (χ0v) is 8.21. The molecule has 4 heteroatoms. The minimum atomic E-state index is -1.36. The largest absolute Gasteiger partial charge is 0.276 e. The Morgan fingerprint density at radius 1 is 1.44 bits per heavy atom. The number of halogens is 2. The molecule has 0 saturated carbocycles. The summed E-state index contributed by atoms with van der Waals surface area (Å²) >= 11 is 10.9. The summed E-state index contributed by atoms with van der Waals surface area (Å²) in [5.74, 6) is 0.698. The van der Waals surface area contributed by atoms with E-state index in [2.05, 4.69) is 18.6 Å². The van der Waals surface area contributed by atoms with E-state index in [-0.39, 0.29) is 0 Å². The lowest BCUT2D eigenvalue weighted by molar-refractivity contribution is 0.599. The molecule has 0 aromatic rings. The number of hydrogen-bond donors (Lipinski definition) is 0. The van der Waals surface area contributed by atoms with Crippen LogP contribution >= 0.6 is 28.9 Å². The molecule has 0 fully saturated rings. The molecule has 0 amide bonds. The second-order valence-corrected chi connectivity index (χ2v) is 5.83. The highest BCUT2D eigenvalue weighted by molar-refractivity contribution is 7.96. The maximum atomic E-state index is 5.46. The molecular formula is C5H12Cl2NP. The fourth-order valence-electron chi connectivity index (χ4n) is 0.407. The predicted octanol–water partition coefficient (Wildman–Crippen LogP) is 3.74. The van der Waals surface area contributed by atoms with E-state index in [1.54, 1.807) is 0 Å². The number of nitrogens with zero attached hydrogens (tertiary/aromatic N) is 1. The molecule has 0 rings (SSSR count). The van der Waals surface area contributed by atoms with Gasteiger partial charge in [-0.25, -0.2) is 0 Å². The van der Waals surface area contributed by atoms with Gasteiger partial charge in [-0.3, -0.25) is 4.74 Å². The van der Waals surface area contributed by atoms with Gasteiger partial charge in [0.15, 0.2) is 0 Å². The van der Waals surface area contributed by atoms with Gasteiger partial charge in [-0.15, -0.1) is 0 Å². The Kier molecular flexibility index (Phi) is 6.09. The van der Waals surface area contributed by atoms with Crippen molar-refractivity contribution in [2.45, 2.75) is 20.3 Å². The van der Waals surface area contributed by atoms with E-state index >= 15 is 0 Å². The van der Waals surface area contributed by atoms with Crippen molar-refractivity contribution in [2.24, 2.45) is 10.7 Å². The predicted molar refractivity (Wildman–Crippen MR) is 46.8 cm³/mol. The van der Waals surface area contributed by atoms with Crippen molar-refractivity contribution in [1.29, 1.82) is 0 Å². The van der Waals surface area contributed by atoms with Crippen molar-refractivity contribution >= 4 is 28.9 Å². The van der Waals surface area contributed by atoms with Gasteiger partial charge in [-0.1, -0.05) is 36.3 Å². The molecule has 0 aromatic heterocycles. The molecule has 0 unspecified atom stereocenters. The molecule has 9 heavy (non-hydrogen) atoms. The van der Waals surface area contributed by atoms with Crippen LogP contribution in [0.5, 0.6) is 0 Å². The Bertz CT molecular complexity index is 99.1. The van der Waals surface area contributed by atoms with Crippen LogP contribution in [0.15, 0.2) is 4.74 Å². The molecule has 0 radical (unpaired) electrons. The third-order valence-electron chi connectivity index (χ3n) is 0.938. The van der Waals surface area contributed by atoms with E-state index in [4.69, 9.17) is 22.5 Å². The normalized spacial score (nSPS) is 10.9. The lowest BCUT2D eigenvalue weighted by Crippen LogP contribution is -1.88. The van der Waals surface area contributed by atoms with Gasteiger partial charge in [0.1, 0.15) is 6.42 Å². The lowest BCUT2D eigenvalue weighted by Gasteiger charge is -1.98. The minimum Gasteiger partial charge on any atom is -0.276 e. The maximum absolute atomic E-state index is 5.46. The van der Waals surface area contributed by atoms with Gasteiger partial charge >= 0.3 is 0 Å². The van der Waals surface area contributed by atoms with Gasteiger partial charge in [0.05, 0.1) is 0 Å². The fourth-order valence-corrected chi connectivity index (χ4v) is 1.21. The van der Waals surface area contributed by atoms with Gasteiger partial charge in [0.2, 0.25) is 0 Å². The Morgan fingerprint density at radius 2 is 2.00 bits per heavy atom. The summed E-state index contributed by atoms with van der Waals surface area (Å²) in [6, 6.07) is 0. The Balaban J connectivity index is 3.20. The van der Waals surface area contributed by atoms with Crippen LogP contribution in [0.1, 0.15) is 20.3 Å². The topological polar surface area (TPSA) is 12.4 Å². The summed E-state index contributed by atoms with van der Waals surface area (Å²) in [7, 11) is 0.